The third-order valence-electron chi connectivity index (χ3n) is 3.48. The van der Waals surface area contributed by atoms with Gasteiger partial charge >= 0.3 is 0 Å². The zero-order valence-corrected chi connectivity index (χ0v) is 10.4. The van der Waals surface area contributed by atoms with Crippen LogP contribution in [0, 0.1) is 12.8 Å². The number of aromatic nitrogens is 2. The summed E-state index contributed by atoms with van der Waals surface area (Å²) in [4.78, 5) is 12.0. The summed E-state index contributed by atoms with van der Waals surface area (Å²) >= 11 is 0. The quantitative estimate of drug-likeness (QED) is 0.729. The third kappa shape index (κ3) is 2.60. The van der Waals surface area contributed by atoms with Crippen LogP contribution >= 0.6 is 0 Å². The van der Waals surface area contributed by atoms with Gasteiger partial charge in [-0.3, -0.25) is 9.89 Å². The molecule has 0 bridgehead atoms. The van der Waals surface area contributed by atoms with Crippen molar-refractivity contribution in [2.24, 2.45) is 5.92 Å². The second kappa shape index (κ2) is 4.77. The predicted molar refractivity (Wildman–Crippen MR) is 66.6 cm³/mol. The van der Waals surface area contributed by atoms with Crippen LogP contribution in [0.4, 0.5) is 5.69 Å². The first kappa shape index (κ1) is 12.0. The lowest BCUT2D eigenvalue weighted by Crippen LogP contribution is -2.38. The van der Waals surface area contributed by atoms with Crippen LogP contribution in [-0.4, -0.2) is 22.1 Å². The number of aryl methyl sites for hydroxylation is 1. The van der Waals surface area contributed by atoms with Gasteiger partial charge in [0.1, 0.15) is 0 Å². The molecule has 0 aliphatic heterocycles. The number of nitrogens with one attached hydrogen (secondary N) is 2. The number of rotatable bonds is 2. The minimum Gasteiger partial charge on any atom is -0.395 e. The van der Waals surface area contributed by atoms with E-state index in [4.69, 9.17) is 5.73 Å². The van der Waals surface area contributed by atoms with Gasteiger partial charge in [0.15, 0.2) is 5.69 Å². The molecule has 0 saturated heterocycles. The highest BCUT2D eigenvalue weighted by molar-refractivity contribution is 5.97. The Hall–Kier alpha value is -1.52. The predicted octanol–water partition coefficient (Wildman–Crippen LogP) is 1.61. The van der Waals surface area contributed by atoms with Crippen molar-refractivity contribution in [3.8, 4) is 0 Å². The number of carbonyl (C=O) groups is 1. The van der Waals surface area contributed by atoms with Crippen LogP contribution in [0.25, 0.3) is 0 Å². The molecular weight excluding hydrogens is 216 g/mol. The number of hydrogen-bond acceptors (Lipinski definition) is 3. The van der Waals surface area contributed by atoms with E-state index < -0.39 is 0 Å². The Balaban J connectivity index is 1.99. The molecule has 94 valence electrons. The van der Waals surface area contributed by atoms with Crippen molar-refractivity contribution in [1.29, 1.82) is 0 Å². The van der Waals surface area contributed by atoms with Gasteiger partial charge in [-0.25, -0.2) is 0 Å². The molecule has 0 radical (unpaired) electrons. The molecule has 0 aromatic carbocycles. The molecule has 1 aromatic heterocycles. The molecule has 17 heavy (non-hydrogen) atoms. The van der Waals surface area contributed by atoms with Crippen molar-refractivity contribution in [3.05, 3.63) is 11.4 Å². The molecule has 1 saturated carbocycles. The fourth-order valence-electron chi connectivity index (χ4n) is 2.43. The minimum absolute atomic E-state index is 0.161. The van der Waals surface area contributed by atoms with E-state index >= 15 is 0 Å². The van der Waals surface area contributed by atoms with Gasteiger partial charge < -0.3 is 11.1 Å². The molecule has 4 N–H and O–H groups in total. The summed E-state index contributed by atoms with van der Waals surface area (Å²) in [7, 11) is 0. The van der Waals surface area contributed by atoms with E-state index in [1.165, 1.54) is 12.8 Å². The number of H-pyrrole nitrogens is 1. The SMILES string of the molecule is Cc1[nH]nc(C(=O)NC2CCCC(C)C2)c1N. The van der Waals surface area contributed by atoms with E-state index in [1.807, 2.05) is 6.92 Å². The average Bonchev–Trinajstić information content (AvgIpc) is 2.60. The lowest BCUT2D eigenvalue weighted by Gasteiger charge is -2.27. The summed E-state index contributed by atoms with van der Waals surface area (Å²) in [5.74, 6) is 0.526. The van der Waals surface area contributed by atoms with Crippen LogP contribution in [0.15, 0.2) is 0 Å². The first-order valence-corrected chi connectivity index (χ1v) is 6.19. The van der Waals surface area contributed by atoms with Gasteiger partial charge in [0.05, 0.1) is 11.4 Å². The Morgan fingerprint density at radius 1 is 1.53 bits per heavy atom. The number of hydrogen-bond donors (Lipinski definition) is 3. The number of nitrogens with two attached hydrogens (primary N) is 1. The van der Waals surface area contributed by atoms with Crippen molar-refractivity contribution in [1.82, 2.24) is 15.5 Å². The fraction of sp³-hybridized carbons (Fsp3) is 0.667. The van der Waals surface area contributed by atoms with Crippen LogP contribution in [0.2, 0.25) is 0 Å². The van der Waals surface area contributed by atoms with Crippen LogP contribution in [0.1, 0.15) is 48.8 Å². The Kier molecular flexibility index (Phi) is 3.36. The number of nitrogen functional groups attached to an aromatic ring is 1. The molecule has 2 rings (SSSR count). The lowest BCUT2D eigenvalue weighted by molar-refractivity contribution is 0.0917. The second-order valence-electron chi connectivity index (χ2n) is 5.05. The molecule has 5 heteroatoms. The van der Waals surface area contributed by atoms with Crippen LogP contribution in [0.3, 0.4) is 0 Å². The zero-order valence-electron chi connectivity index (χ0n) is 10.4. The summed E-state index contributed by atoms with van der Waals surface area (Å²) in [6.45, 7) is 4.03. The Morgan fingerprint density at radius 2 is 2.29 bits per heavy atom. The number of carbonyl (C=O) groups excluding carboxylic acids is 1. The normalized spacial score (nSPS) is 24.6. The summed E-state index contributed by atoms with van der Waals surface area (Å²) < 4.78 is 0. The molecule has 2 atom stereocenters. The van der Waals surface area contributed by atoms with Crippen molar-refractivity contribution in [3.63, 3.8) is 0 Å². The van der Waals surface area contributed by atoms with E-state index in [0.29, 0.717) is 17.3 Å². The van der Waals surface area contributed by atoms with Gasteiger partial charge in [-0.05, 0) is 25.7 Å². The van der Waals surface area contributed by atoms with Gasteiger partial charge in [0, 0.05) is 6.04 Å². The maximum Gasteiger partial charge on any atom is 0.274 e. The van der Waals surface area contributed by atoms with Crippen molar-refractivity contribution >= 4 is 11.6 Å². The summed E-state index contributed by atoms with van der Waals surface area (Å²) in [6.07, 6.45) is 4.55. The van der Waals surface area contributed by atoms with Crippen molar-refractivity contribution in [2.75, 3.05) is 5.73 Å². The summed E-state index contributed by atoms with van der Waals surface area (Å²) in [5, 5.41) is 9.68. The molecule has 1 heterocycles. The maximum absolute atomic E-state index is 12.0. The zero-order chi connectivity index (χ0) is 12.4. The fourth-order valence-corrected chi connectivity index (χ4v) is 2.43. The molecular formula is C12H20N4O. The topological polar surface area (TPSA) is 83.8 Å². The smallest absolute Gasteiger partial charge is 0.274 e. The summed E-state index contributed by atoms with van der Waals surface area (Å²) in [6, 6.07) is 0.266. The second-order valence-corrected chi connectivity index (χ2v) is 5.05. The highest BCUT2D eigenvalue weighted by Crippen LogP contribution is 2.24. The molecule has 5 nitrogen and oxygen atoms in total. The van der Waals surface area contributed by atoms with Crippen LogP contribution in [-0.2, 0) is 0 Å². The standard InChI is InChI=1S/C12H20N4O/c1-7-4-3-5-9(6-7)14-12(17)11-10(13)8(2)15-16-11/h7,9H,3-6,13H2,1-2H3,(H,14,17)(H,15,16). The number of nitrogens with zero attached hydrogens (tertiary/aromatic N) is 1. The molecule has 1 aliphatic carbocycles. The average molecular weight is 236 g/mol. The highest BCUT2D eigenvalue weighted by Gasteiger charge is 2.23. The van der Waals surface area contributed by atoms with E-state index in [9.17, 15) is 4.79 Å². The highest BCUT2D eigenvalue weighted by atomic mass is 16.2. The monoisotopic (exact) mass is 236 g/mol. The van der Waals surface area contributed by atoms with E-state index in [0.717, 1.165) is 18.5 Å². The maximum atomic E-state index is 12.0. The largest absolute Gasteiger partial charge is 0.395 e. The Labute approximate surface area is 101 Å². The van der Waals surface area contributed by atoms with Crippen molar-refractivity contribution in [2.45, 2.75) is 45.6 Å². The van der Waals surface area contributed by atoms with Gasteiger partial charge in [-0.1, -0.05) is 19.8 Å². The van der Waals surface area contributed by atoms with Crippen LogP contribution in [0.5, 0.6) is 0 Å². The first-order chi connectivity index (χ1) is 8.08. The minimum atomic E-state index is -0.161. The number of anilines is 1. The number of amides is 1. The Morgan fingerprint density at radius 3 is 2.88 bits per heavy atom. The van der Waals surface area contributed by atoms with Gasteiger partial charge in [-0.2, -0.15) is 5.10 Å². The van der Waals surface area contributed by atoms with Crippen molar-refractivity contribution < 1.29 is 4.79 Å². The van der Waals surface area contributed by atoms with E-state index in [1.54, 1.807) is 0 Å². The molecule has 0 spiro atoms. The third-order valence-corrected chi connectivity index (χ3v) is 3.48. The molecule has 1 amide bonds. The van der Waals surface area contributed by atoms with Crippen LogP contribution < -0.4 is 11.1 Å². The molecule has 1 aliphatic rings. The Bertz CT molecular complexity index is 413. The summed E-state index contributed by atoms with van der Waals surface area (Å²) in [5.41, 5.74) is 7.29. The van der Waals surface area contributed by atoms with Gasteiger partial charge in [-0.15, -0.1) is 0 Å². The van der Waals surface area contributed by atoms with Gasteiger partial charge in [0.25, 0.3) is 5.91 Å². The number of aromatic amines is 1. The molecule has 2 unspecified atom stereocenters. The van der Waals surface area contributed by atoms with E-state index in [-0.39, 0.29) is 11.9 Å². The lowest BCUT2D eigenvalue weighted by atomic mass is 9.87. The molecule has 1 fully saturated rings. The molecule has 1 aromatic rings. The van der Waals surface area contributed by atoms with E-state index in [2.05, 4.69) is 22.4 Å². The van der Waals surface area contributed by atoms with Gasteiger partial charge in [0.2, 0.25) is 0 Å². The first-order valence-electron chi connectivity index (χ1n) is 6.19.